The standard InChI is InChI=1S/C16H12N2O2/c19-15(12-6-2-1-3-7-12)10-16(20)18-11-17-13-8-4-5-9-14(13)18/h1-9,11H,10H2. The second-order valence-corrected chi connectivity index (χ2v) is 4.46. The Balaban J connectivity index is 1.85. The summed E-state index contributed by atoms with van der Waals surface area (Å²) in [5.41, 5.74) is 2.01. The van der Waals surface area contributed by atoms with Crippen molar-refractivity contribution in [2.75, 3.05) is 0 Å². The minimum Gasteiger partial charge on any atom is -0.294 e. The SMILES string of the molecule is O=C(CC(=O)n1cnc2ccccc21)c1ccccc1. The second kappa shape index (κ2) is 5.09. The molecule has 3 aromatic rings. The average molecular weight is 264 g/mol. The normalized spacial score (nSPS) is 10.6. The number of Topliss-reactive ketones (excluding diaryl/α,β-unsaturated/α-hetero) is 1. The van der Waals surface area contributed by atoms with Crippen LogP contribution < -0.4 is 0 Å². The summed E-state index contributed by atoms with van der Waals surface area (Å²) in [5.74, 6) is -0.457. The summed E-state index contributed by atoms with van der Waals surface area (Å²) < 4.78 is 1.43. The molecule has 0 fully saturated rings. The van der Waals surface area contributed by atoms with E-state index in [1.54, 1.807) is 24.3 Å². The van der Waals surface area contributed by atoms with Crippen molar-refractivity contribution in [2.24, 2.45) is 0 Å². The number of ketones is 1. The number of fused-ring (bicyclic) bond motifs is 1. The van der Waals surface area contributed by atoms with Gasteiger partial charge in [0.2, 0.25) is 5.91 Å². The molecule has 4 heteroatoms. The number of aromatic nitrogens is 2. The second-order valence-electron chi connectivity index (χ2n) is 4.46. The van der Waals surface area contributed by atoms with Gasteiger partial charge in [0.1, 0.15) is 6.33 Å². The Morgan fingerprint density at radius 2 is 1.65 bits per heavy atom. The van der Waals surface area contributed by atoms with Crippen LogP contribution >= 0.6 is 0 Å². The zero-order valence-electron chi connectivity index (χ0n) is 10.7. The van der Waals surface area contributed by atoms with Crippen LogP contribution in [0, 0.1) is 0 Å². The van der Waals surface area contributed by atoms with E-state index in [0.717, 1.165) is 11.0 Å². The van der Waals surface area contributed by atoms with Crippen LogP contribution in [0.5, 0.6) is 0 Å². The zero-order valence-corrected chi connectivity index (χ0v) is 10.7. The van der Waals surface area contributed by atoms with E-state index in [1.165, 1.54) is 10.9 Å². The minimum atomic E-state index is -0.271. The first-order chi connectivity index (χ1) is 9.75. The molecule has 20 heavy (non-hydrogen) atoms. The molecule has 0 radical (unpaired) electrons. The average Bonchev–Trinajstić information content (AvgIpc) is 2.92. The summed E-state index contributed by atoms with van der Waals surface area (Å²) in [6.07, 6.45) is 1.30. The molecule has 1 heterocycles. The number of para-hydroxylation sites is 2. The molecular formula is C16H12N2O2. The van der Waals surface area contributed by atoms with Crippen molar-refractivity contribution < 1.29 is 9.59 Å². The van der Waals surface area contributed by atoms with Crippen molar-refractivity contribution in [3.05, 3.63) is 66.5 Å². The first kappa shape index (κ1) is 12.3. The van der Waals surface area contributed by atoms with Crippen LogP contribution in [0.1, 0.15) is 21.6 Å². The van der Waals surface area contributed by atoms with Crippen molar-refractivity contribution in [3.63, 3.8) is 0 Å². The fourth-order valence-corrected chi connectivity index (χ4v) is 2.11. The van der Waals surface area contributed by atoms with Gasteiger partial charge < -0.3 is 0 Å². The Bertz CT molecular complexity index is 775. The van der Waals surface area contributed by atoms with Crippen LogP contribution in [-0.2, 0) is 0 Å². The molecule has 2 aromatic carbocycles. The number of carbonyl (C=O) groups excluding carboxylic acids is 2. The molecular weight excluding hydrogens is 252 g/mol. The first-order valence-corrected chi connectivity index (χ1v) is 6.29. The number of nitrogens with zero attached hydrogens (tertiary/aromatic N) is 2. The van der Waals surface area contributed by atoms with Crippen LogP contribution in [0.25, 0.3) is 11.0 Å². The summed E-state index contributed by atoms with van der Waals surface area (Å²) >= 11 is 0. The summed E-state index contributed by atoms with van der Waals surface area (Å²) in [6, 6.07) is 16.2. The predicted octanol–water partition coefficient (Wildman–Crippen LogP) is 2.95. The molecule has 0 N–H and O–H groups in total. The van der Waals surface area contributed by atoms with Gasteiger partial charge in [0.05, 0.1) is 17.5 Å². The third-order valence-electron chi connectivity index (χ3n) is 3.13. The largest absolute Gasteiger partial charge is 0.294 e. The van der Waals surface area contributed by atoms with E-state index in [-0.39, 0.29) is 18.1 Å². The lowest BCUT2D eigenvalue weighted by molar-refractivity contribution is 0.0846. The van der Waals surface area contributed by atoms with Crippen molar-refractivity contribution in [1.29, 1.82) is 0 Å². The summed E-state index contributed by atoms with van der Waals surface area (Å²) in [6.45, 7) is 0. The van der Waals surface area contributed by atoms with Crippen molar-refractivity contribution in [1.82, 2.24) is 9.55 Å². The Labute approximate surface area is 115 Å². The molecule has 98 valence electrons. The van der Waals surface area contributed by atoms with Gasteiger partial charge in [-0.2, -0.15) is 0 Å². The van der Waals surface area contributed by atoms with Gasteiger partial charge in [-0.05, 0) is 12.1 Å². The highest BCUT2D eigenvalue weighted by Gasteiger charge is 2.15. The maximum absolute atomic E-state index is 12.2. The number of rotatable bonds is 3. The number of hydrogen-bond donors (Lipinski definition) is 0. The monoisotopic (exact) mass is 264 g/mol. The molecule has 4 nitrogen and oxygen atoms in total. The molecule has 3 rings (SSSR count). The Kier molecular flexibility index (Phi) is 3.13. The number of hydrogen-bond acceptors (Lipinski definition) is 3. The van der Waals surface area contributed by atoms with E-state index in [4.69, 9.17) is 0 Å². The molecule has 0 aliphatic carbocycles. The van der Waals surface area contributed by atoms with E-state index < -0.39 is 0 Å². The Morgan fingerprint density at radius 1 is 0.950 bits per heavy atom. The zero-order chi connectivity index (χ0) is 13.9. The topological polar surface area (TPSA) is 52.0 Å². The van der Waals surface area contributed by atoms with Gasteiger partial charge in [-0.25, -0.2) is 4.98 Å². The molecule has 0 amide bonds. The van der Waals surface area contributed by atoms with Crippen LogP contribution in [0.4, 0.5) is 0 Å². The van der Waals surface area contributed by atoms with E-state index in [0.29, 0.717) is 5.56 Å². The highest BCUT2D eigenvalue weighted by atomic mass is 16.2. The maximum Gasteiger partial charge on any atom is 0.240 e. The fourth-order valence-electron chi connectivity index (χ4n) is 2.11. The molecule has 0 unspecified atom stereocenters. The maximum atomic E-state index is 12.2. The summed E-state index contributed by atoms with van der Waals surface area (Å²) in [7, 11) is 0. The Hall–Kier alpha value is -2.75. The smallest absolute Gasteiger partial charge is 0.240 e. The van der Waals surface area contributed by atoms with Crippen LogP contribution in [-0.4, -0.2) is 21.2 Å². The van der Waals surface area contributed by atoms with Crippen molar-refractivity contribution in [2.45, 2.75) is 6.42 Å². The van der Waals surface area contributed by atoms with Gasteiger partial charge in [-0.1, -0.05) is 42.5 Å². The van der Waals surface area contributed by atoms with Gasteiger partial charge in [-0.3, -0.25) is 14.2 Å². The number of benzene rings is 2. The fraction of sp³-hybridized carbons (Fsp3) is 0.0625. The van der Waals surface area contributed by atoms with Gasteiger partial charge in [-0.15, -0.1) is 0 Å². The van der Waals surface area contributed by atoms with Gasteiger partial charge in [0.25, 0.3) is 0 Å². The van der Waals surface area contributed by atoms with E-state index in [1.807, 2.05) is 30.3 Å². The molecule has 0 bridgehead atoms. The van der Waals surface area contributed by atoms with E-state index >= 15 is 0 Å². The van der Waals surface area contributed by atoms with Gasteiger partial charge >= 0.3 is 0 Å². The molecule has 0 aliphatic rings. The Morgan fingerprint density at radius 3 is 2.45 bits per heavy atom. The van der Waals surface area contributed by atoms with Crippen LogP contribution in [0.2, 0.25) is 0 Å². The molecule has 0 atom stereocenters. The highest BCUT2D eigenvalue weighted by Crippen LogP contribution is 2.13. The van der Waals surface area contributed by atoms with Gasteiger partial charge in [0.15, 0.2) is 5.78 Å². The minimum absolute atomic E-state index is 0.162. The lowest BCUT2D eigenvalue weighted by Crippen LogP contribution is -2.14. The summed E-state index contributed by atoms with van der Waals surface area (Å²) in [4.78, 5) is 28.4. The third kappa shape index (κ3) is 2.23. The number of imidazole rings is 1. The number of carbonyl (C=O) groups is 2. The van der Waals surface area contributed by atoms with Crippen LogP contribution in [0.3, 0.4) is 0 Å². The quantitative estimate of drug-likeness (QED) is 0.540. The molecule has 0 saturated heterocycles. The van der Waals surface area contributed by atoms with Crippen molar-refractivity contribution >= 4 is 22.7 Å². The van der Waals surface area contributed by atoms with Crippen LogP contribution in [0.15, 0.2) is 60.9 Å². The highest BCUT2D eigenvalue weighted by molar-refractivity contribution is 6.09. The molecule has 0 aliphatic heterocycles. The van der Waals surface area contributed by atoms with E-state index in [2.05, 4.69) is 4.98 Å². The molecule has 1 aromatic heterocycles. The summed E-state index contributed by atoms with van der Waals surface area (Å²) in [5, 5.41) is 0. The first-order valence-electron chi connectivity index (χ1n) is 6.29. The third-order valence-corrected chi connectivity index (χ3v) is 3.13. The molecule has 0 saturated carbocycles. The predicted molar refractivity (Wildman–Crippen MR) is 75.7 cm³/mol. The molecule has 0 spiro atoms. The van der Waals surface area contributed by atoms with E-state index in [9.17, 15) is 9.59 Å². The lowest BCUT2D eigenvalue weighted by Gasteiger charge is -2.03. The van der Waals surface area contributed by atoms with Crippen molar-refractivity contribution in [3.8, 4) is 0 Å². The lowest BCUT2D eigenvalue weighted by atomic mass is 10.1. The van der Waals surface area contributed by atoms with Gasteiger partial charge in [0, 0.05) is 5.56 Å².